The van der Waals surface area contributed by atoms with Crippen molar-refractivity contribution in [1.82, 2.24) is 0 Å². The Morgan fingerprint density at radius 2 is 2.00 bits per heavy atom. The molecule has 1 aromatic carbocycles. The van der Waals surface area contributed by atoms with Crippen molar-refractivity contribution in [3.05, 3.63) is 35.4 Å². The van der Waals surface area contributed by atoms with Gasteiger partial charge in [0.2, 0.25) is 0 Å². The SMILES string of the molecule is NCC1(c2ccccc2C(O)CO)CC1. The van der Waals surface area contributed by atoms with Gasteiger partial charge < -0.3 is 15.9 Å². The summed E-state index contributed by atoms with van der Waals surface area (Å²) >= 11 is 0. The molecule has 1 saturated carbocycles. The van der Waals surface area contributed by atoms with Gasteiger partial charge in [-0.1, -0.05) is 24.3 Å². The lowest BCUT2D eigenvalue weighted by atomic mass is 9.89. The standard InChI is InChI=1S/C12H17NO2/c13-8-12(5-6-12)10-4-2-1-3-9(10)11(15)7-14/h1-4,11,14-15H,5-8,13H2. The van der Waals surface area contributed by atoms with E-state index in [1.165, 1.54) is 0 Å². The van der Waals surface area contributed by atoms with E-state index in [1.54, 1.807) is 0 Å². The first kappa shape index (κ1) is 10.6. The van der Waals surface area contributed by atoms with E-state index in [1.807, 2.05) is 24.3 Å². The van der Waals surface area contributed by atoms with E-state index in [-0.39, 0.29) is 12.0 Å². The predicted molar refractivity (Wildman–Crippen MR) is 58.5 cm³/mol. The Morgan fingerprint density at radius 1 is 1.33 bits per heavy atom. The number of hydrogen-bond donors (Lipinski definition) is 3. The van der Waals surface area contributed by atoms with Crippen molar-refractivity contribution in [3.63, 3.8) is 0 Å². The molecule has 82 valence electrons. The van der Waals surface area contributed by atoms with Crippen LogP contribution in [0.5, 0.6) is 0 Å². The van der Waals surface area contributed by atoms with Gasteiger partial charge in [-0.05, 0) is 24.0 Å². The first-order valence-electron chi connectivity index (χ1n) is 5.32. The Hall–Kier alpha value is -0.900. The van der Waals surface area contributed by atoms with E-state index in [9.17, 15) is 5.11 Å². The summed E-state index contributed by atoms with van der Waals surface area (Å²) in [6, 6.07) is 7.71. The summed E-state index contributed by atoms with van der Waals surface area (Å²) in [5.74, 6) is 0. The summed E-state index contributed by atoms with van der Waals surface area (Å²) in [7, 11) is 0. The third-order valence-corrected chi connectivity index (χ3v) is 3.31. The summed E-state index contributed by atoms with van der Waals surface area (Å²) in [4.78, 5) is 0. The van der Waals surface area contributed by atoms with Crippen molar-refractivity contribution < 1.29 is 10.2 Å². The fourth-order valence-corrected chi connectivity index (χ4v) is 2.10. The van der Waals surface area contributed by atoms with E-state index in [0.717, 1.165) is 24.0 Å². The van der Waals surface area contributed by atoms with Crippen molar-refractivity contribution in [1.29, 1.82) is 0 Å². The van der Waals surface area contributed by atoms with E-state index >= 15 is 0 Å². The highest BCUT2D eigenvalue weighted by atomic mass is 16.3. The predicted octanol–water partition coefficient (Wildman–Crippen LogP) is 0.703. The van der Waals surface area contributed by atoms with Crippen molar-refractivity contribution in [2.24, 2.45) is 5.73 Å². The number of benzene rings is 1. The zero-order valence-electron chi connectivity index (χ0n) is 8.69. The van der Waals surface area contributed by atoms with Crippen LogP contribution in [0.3, 0.4) is 0 Å². The number of hydrogen-bond acceptors (Lipinski definition) is 3. The number of aliphatic hydroxyl groups excluding tert-OH is 2. The molecular weight excluding hydrogens is 190 g/mol. The molecule has 1 aromatic rings. The molecule has 4 N–H and O–H groups in total. The van der Waals surface area contributed by atoms with Gasteiger partial charge in [-0.25, -0.2) is 0 Å². The highest BCUT2D eigenvalue weighted by Crippen LogP contribution is 2.49. The number of aliphatic hydroxyl groups is 2. The van der Waals surface area contributed by atoms with E-state index in [2.05, 4.69) is 0 Å². The Bertz CT molecular complexity index is 347. The summed E-state index contributed by atoms with van der Waals surface area (Å²) in [5.41, 5.74) is 7.76. The van der Waals surface area contributed by atoms with Crippen LogP contribution >= 0.6 is 0 Å². The molecule has 1 aliphatic carbocycles. The van der Waals surface area contributed by atoms with Crippen LogP contribution in [0.15, 0.2) is 24.3 Å². The largest absolute Gasteiger partial charge is 0.393 e. The van der Waals surface area contributed by atoms with Crippen LogP contribution < -0.4 is 5.73 Å². The fourth-order valence-electron chi connectivity index (χ4n) is 2.10. The second kappa shape index (κ2) is 3.93. The molecule has 1 atom stereocenters. The Balaban J connectivity index is 2.38. The van der Waals surface area contributed by atoms with Crippen molar-refractivity contribution in [2.75, 3.05) is 13.2 Å². The second-order valence-corrected chi connectivity index (χ2v) is 4.27. The minimum atomic E-state index is -0.787. The lowest BCUT2D eigenvalue weighted by Crippen LogP contribution is -2.22. The average molecular weight is 207 g/mol. The monoisotopic (exact) mass is 207 g/mol. The minimum absolute atomic E-state index is 0.0622. The first-order chi connectivity index (χ1) is 7.23. The lowest BCUT2D eigenvalue weighted by molar-refractivity contribution is 0.0945. The van der Waals surface area contributed by atoms with Crippen LogP contribution in [0.25, 0.3) is 0 Å². The van der Waals surface area contributed by atoms with Gasteiger partial charge in [-0.2, -0.15) is 0 Å². The molecule has 3 heteroatoms. The number of rotatable bonds is 4. The highest BCUT2D eigenvalue weighted by molar-refractivity contribution is 5.40. The van der Waals surface area contributed by atoms with Crippen LogP contribution in [-0.4, -0.2) is 23.4 Å². The van der Waals surface area contributed by atoms with Crippen molar-refractivity contribution in [3.8, 4) is 0 Å². The first-order valence-corrected chi connectivity index (χ1v) is 5.32. The van der Waals surface area contributed by atoms with Crippen LogP contribution in [0, 0.1) is 0 Å². The molecule has 2 rings (SSSR count). The molecule has 0 saturated heterocycles. The van der Waals surface area contributed by atoms with Gasteiger partial charge in [0.1, 0.15) is 6.10 Å². The topological polar surface area (TPSA) is 66.5 Å². The zero-order chi connectivity index (χ0) is 10.9. The third-order valence-electron chi connectivity index (χ3n) is 3.31. The van der Waals surface area contributed by atoms with E-state index < -0.39 is 6.10 Å². The smallest absolute Gasteiger partial charge is 0.102 e. The number of nitrogens with two attached hydrogens (primary N) is 1. The van der Waals surface area contributed by atoms with Gasteiger partial charge in [0, 0.05) is 12.0 Å². The molecule has 0 bridgehead atoms. The van der Waals surface area contributed by atoms with Gasteiger partial charge in [-0.3, -0.25) is 0 Å². The van der Waals surface area contributed by atoms with Gasteiger partial charge >= 0.3 is 0 Å². The fraction of sp³-hybridized carbons (Fsp3) is 0.500. The third kappa shape index (κ3) is 1.78. The molecule has 0 aliphatic heterocycles. The Kier molecular flexibility index (Phi) is 2.78. The molecule has 3 nitrogen and oxygen atoms in total. The van der Waals surface area contributed by atoms with Gasteiger partial charge in [0.05, 0.1) is 6.61 Å². The minimum Gasteiger partial charge on any atom is -0.393 e. The molecule has 0 spiro atoms. The molecular formula is C12H17NO2. The summed E-state index contributed by atoms with van der Waals surface area (Å²) in [5, 5.41) is 18.7. The quantitative estimate of drug-likeness (QED) is 0.681. The van der Waals surface area contributed by atoms with Gasteiger partial charge in [0.15, 0.2) is 0 Å². The summed E-state index contributed by atoms with van der Waals surface area (Å²) in [6.07, 6.45) is 1.38. The van der Waals surface area contributed by atoms with Crippen molar-refractivity contribution in [2.45, 2.75) is 24.4 Å². The summed E-state index contributed by atoms with van der Waals surface area (Å²) < 4.78 is 0. The van der Waals surface area contributed by atoms with Crippen LogP contribution in [-0.2, 0) is 5.41 Å². The maximum Gasteiger partial charge on any atom is 0.102 e. The van der Waals surface area contributed by atoms with Crippen LogP contribution in [0.2, 0.25) is 0 Å². The molecule has 0 radical (unpaired) electrons. The molecule has 0 heterocycles. The average Bonchev–Trinajstić information content (AvgIpc) is 3.09. The molecule has 0 amide bonds. The van der Waals surface area contributed by atoms with Gasteiger partial charge in [-0.15, -0.1) is 0 Å². The lowest BCUT2D eigenvalue weighted by Gasteiger charge is -2.20. The Labute approximate surface area is 89.5 Å². The van der Waals surface area contributed by atoms with E-state index in [0.29, 0.717) is 6.54 Å². The zero-order valence-corrected chi connectivity index (χ0v) is 8.69. The van der Waals surface area contributed by atoms with Gasteiger partial charge in [0.25, 0.3) is 0 Å². The Morgan fingerprint density at radius 3 is 2.53 bits per heavy atom. The maximum atomic E-state index is 9.71. The summed E-state index contributed by atoms with van der Waals surface area (Å²) in [6.45, 7) is 0.375. The molecule has 1 aliphatic rings. The molecule has 1 fully saturated rings. The normalized spacial score (nSPS) is 19.9. The van der Waals surface area contributed by atoms with E-state index in [4.69, 9.17) is 10.8 Å². The maximum absolute atomic E-state index is 9.71. The molecule has 0 aromatic heterocycles. The second-order valence-electron chi connectivity index (χ2n) is 4.27. The highest BCUT2D eigenvalue weighted by Gasteiger charge is 2.44. The van der Waals surface area contributed by atoms with Crippen LogP contribution in [0.4, 0.5) is 0 Å². The molecule has 1 unspecified atom stereocenters. The van der Waals surface area contributed by atoms with Crippen molar-refractivity contribution >= 4 is 0 Å². The molecule has 15 heavy (non-hydrogen) atoms. The van der Waals surface area contributed by atoms with Crippen LogP contribution in [0.1, 0.15) is 30.1 Å².